The lowest BCUT2D eigenvalue weighted by atomic mass is 10.0. The van der Waals surface area contributed by atoms with E-state index in [9.17, 15) is 13.2 Å². The Bertz CT molecular complexity index is 377. The molecule has 5 heteroatoms. The zero-order valence-electron chi connectivity index (χ0n) is 10.3. The lowest BCUT2D eigenvalue weighted by molar-refractivity contribution is -0.138. The molecular formula is C12H20O4S. The molecule has 1 aliphatic rings. The summed E-state index contributed by atoms with van der Waals surface area (Å²) in [7, 11) is -3.11. The first-order chi connectivity index (χ1) is 7.93. The van der Waals surface area contributed by atoms with Crippen LogP contribution < -0.4 is 0 Å². The smallest absolute Gasteiger partial charge is 0.333 e. The quantitative estimate of drug-likeness (QED) is 0.559. The molecule has 1 rings (SSSR count). The Labute approximate surface area is 103 Å². The summed E-state index contributed by atoms with van der Waals surface area (Å²) in [4.78, 5) is 11.1. The highest BCUT2D eigenvalue weighted by atomic mass is 32.2. The van der Waals surface area contributed by atoms with Crippen molar-refractivity contribution in [2.45, 2.75) is 44.3 Å². The Balaban J connectivity index is 2.39. The average molecular weight is 260 g/mol. The van der Waals surface area contributed by atoms with Crippen molar-refractivity contribution < 1.29 is 17.9 Å². The van der Waals surface area contributed by atoms with Gasteiger partial charge in [0.1, 0.15) is 6.61 Å². The summed E-state index contributed by atoms with van der Waals surface area (Å²) in [5.41, 5.74) is 0.292. The van der Waals surface area contributed by atoms with Crippen molar-refractivity contribution in [3.63, 3.8) is 0 Å². The van der Waals surface area contributed by atoms with Crippen molar-refractivity contribution in [3.05, 3.63) is 12.2 Å². The molecule has 0 aromatic heterocycles. The normalized spacial score (nSPS) is 17.7. The van der Waals surface area contributed by atoms with Gasteiger partial charge in [0, 0.05) is 5.57 Å². The molecule has 1 aliphatic carbocycles. The van der Waals surface area contributed by atoms with Gasteiger partial charge in [0.25, 0.3) is 0 Å². The minimum atomic E-state index is -3.11. The fourth-order valence-electron chi connectivity index (χ4n) is 1.96. The number of hydrogen-bond donors (Lipinski definition) is 0. The van der Waals surface area contributed by atoms with E-state index in [4.69, 9.17) is 4.74 Å². The molecule has 0 bridgehead atoms. The van der Waals surface area contributed by atoms with Crippen LogP contribution in [-0.4, -0.2) is 32.0 Å². The number of ether oxygens (including phenoxy) is 1. The Morgan fingerprint density at radius 1 is 1.29 bits per heavy atom. The highest BCUT2D eigenvalue weighted by molar-refractivity contribution is 7.92. The van der Waals surface area contributed by atoms with Crippen LogP contribution in [-0.2, 0) is 19.4 Å². The minimum Gasteiger partial charge on any atom is -0.461 e. The molecule has 0 radical (unpaired) electrons. The van der Waals surface area contributed by atoms with Gasteiger partial charge in [-0.15, -0.1) is 0 Å². The van der Waals surface area contributed by atoms with Gasteiger partial charge in [-0.2, -0.15) is 0 Å². The van der Waals surface area contributed by atoms with E-state index in [1.54, 1.807) is 0 Å². The summed E-state index contributed by atoms with van der Waals surface area (Å²) in [6.07, 6.45) is 4.58. The third-order valence-corrected chi connectivity index (χ3v) is 5.23. The maximum atomic E-state index is 11.9. The molecule has 98 valence electrons. The van der Waals surface area contributed by atoms with Crippen LogP contribution in [0, 0.1) is 0 Å². The standard InChI is InChI=1S/C12H20O4S/c1-10(2)12(13)16-8-9-17(14,15)11-6-4-3-5-7-11/h11H,1,3-9H2,2H3. The van der Waals surface area contributed by atoms with Crippen LogP contribution in [0.4, 0.5) is 0 Å². The lowest BCUT2D eigenvalue weighted by Gasteiger charge is -2.21. The number of rotatable bonds is 5. The molecule has 0 spiro atoms. The zero-order valence-corrected chi connectivity index (χ0v) is 11.1. The molecule has 0 saturated heterocycles. The molecule has 0 heterocycles. The molecule has 0 atom stereocenters. The second-order valence-electron chi connectivity index (χ2n) is 4.54. The first-order valence-electron chi connectivity index (χ1n) is 5.97. The van der Waals surface area contributed by atoms with Crippen LogP contribution in [0.3, 0.4) is 0 Å². The molecule has 17 heavy (non-hydrogen) atoms. The fourth-order valence-corrected chi connectivity index (χ4v) is 3.67. The molecule has 1 fully saturated rings. The number of hydrogen-bond acceptors (Lipinski definition) is 4. The van der Waals surface area contributed by atoms with E-state index in [1.807, 2.05) is 0 Å². The van der Waals surface area contributed by atoms with Crippen LogP contribution in [0.2, 0.25) is 0 Å². The number of carbonyl (C=O) groups excluding carboxylic acids is 1. The summed E-state index contributed by atoms with van der Waals surface area (Å²) in [5.74, 6) is -0.597. The van der Waals surface area contributed by atoms with E-state index in [2.05, 4.69) is 6.58 Å². The van der Waals surface area contributed by atoms with Gasteiger partial charge in [-0.3, -0.25) is 0 Å². The number of sulfone groups is 1. The summed E-state index contributed by atoms with van der Waals surface area (Å²) in [6, 6.07) is 0. The Morgan fingerprint density at radius 3 is 2.41 bits per heavy atom. The number of esters is 1. The van der Waals surface area contributed by atoms with Crippen molar-refractivity contribution in [3.8, 4) is 0 Å². The maximum absolute atomic E-state index is 11.9. The summed E-state index contributed by atoms with van der Waals surface area (Å²) >= 11 is 0. The second kappa shape index (κ2) is 6.19. The molecular weight excluding hydrogens is 240 g/mol. The monoisotopic (exact) mass is 260 g/mol. The SMILES string of the molecule is C=C(C)C(=O)OCCS(=O)(=O)C1CCCCC1. The molecule has 0 N–H and O–H groups in total. The Kier molecular flexibility index (Phi) is 5.18. The lowest BCUT2D eigenvalue weighted by Crippen LogP contribution is -2.28. The van der Waals surface area contributed by atoms with Gasteiger partial charge in [-0.05, 0) is 19.8 Å². The van der Waals surface area contributed by atoms with E-state index < -0.39 is 15.8 Å². The summed E-state index contributed by atoms with van der Waals surface area (Å²) in [5, 5.41) is -0.236. The van der Waals surface area contributed by atoms with Crippen LogP contribution in [0.1, 0.15) is 39.0 Å². The van der Waals surface area contributed by atoms with E-state index in [-0.39, 0.29) is 17.6 Å². The Hall–Kier alpha value is -0.840. The van der Waals surface area contributed by atoms with Gasteiger partial charge >= 0.3 is 5.97 Å². The highest BCUT2D eigenvalue weighted by Gasteiger charge is 2.27. The van der Waals surface area contributed by atoms with Gasteiger partial charge in [0.2, 0.25) is 0 Å². The topological polar surface area (TPSA) is 60.4 Å². The predicted molar refractivity (Wildman–Crippen MR) is 66.4 cm³/mol. The van der Waals surface area contributed by atoms with E-state index >= 15 is 0 Å². The predicted octanol–water partition coefficient (Wildman–Crippen LogP) is 1.85. The van der Waals surface area contributed by atoms with Gasteiger partial charge < -0.3 is 4.74 Å². The molecule has 4 nitrogen and oxygen atoms in total. The third kappa shape index (κ3) is 4.50. The van der Waals surface area contributed by atoms with Gasteiger partial charge in [0.05, 0.1) is 11.0 Å². The van der Waals surface area contributed by atoms with E-state index in [1.165, 1.54) is 6.92 Å². The summed E-state index contributed by atoms with van der Waals surface area (Å²) in [6.45, 7) is 4.91. The van der Waals surface area contributed by atoms with Crippen molar-refractivity contribution in [1.82, 2.24) is 0 Å². The van der Waals surface area contributed by atoms with Crippen molar-refractivity contribution in [1.29, 1.82) is 0 Å². The van der Waals surface area contributed by atoms with E-state index in [0.29, 0.717) is 5.57 Å². The Morgan fingerprint density at radius 2 is 1.88 bits per heavy atom. The molecule has 1 saturated carbocycles. The van der Waals surface area contributed by atoms with Crippen LogP contribution in [0.15, 0.2) is 12.2 Å². The largest absolute Gasteiger partial charge is 0.461 e. The van der Waals surface area contributed by atoms with E-state index in [0.717, 1.165) is 32.1 Å². The van der Waals surface area contributed by atoms with Crippen LogP contribution in [0.25, 0.3) is 0 Å². The minimum absolute atomic E-state index is 0.0650. The first kappa shape index (κ1) is 14.2. The molecule has 0 unspecified atom stereocenters. The van der Waals surface area contributed by atoms with Gasteiger partial charge in [-0.1, -0.05) is 25.8 Å². The fraction of sp³-hybridized carbons (Fsp3) is 0.750. The third-order valence-electron chi connectivity index (χ3n) is 3.01. The zero-order chi connectivity index (χ0) is 12.9. The van der Waals surface area contributed by atoms with Crippen LogP contribution >= 0.6 is 0 Å². The molecule has 0 amide bonds. The van der Waals surface area contributed by atoms with Crippen LogP contribution in [0.5, 0.6) is 0 Å². The number of carbonyl (C=O) groups is 1. The molecule has 0 aliphatic heterocycles. The average Bonchev–Trinajstić information content (AvgIpc) is 2.29. The van der Waals surface area contributed by atoms with Crippen molar-refractivity contribution in [2.75, 3.05) is 12.4 Å². The molecule has 0 aromatic carbocycles. The van der Waals surface area contributed by atoms with Gasteiger partial charge in [0.15, 0.2) is 9.84 Å². The van der Waals surface area contributed by atoms with Crippen molar-refractivity contribution >= 4 is 15.8 Å². The molecule has 0 aromatic rings. The maximum Gasteiger partial charge on any atom is 0.333 e. The second-order valence-corrected chi connectivity index (χ2v) is 6.94. The van der Waals surface area contributed by atoms with Crippen molar-refractivity contribution in [2.24, 2.45) is 0 Å². The summed E-state index contributed by atoms with van der Waals surface area (Å²) < 4.78 is 28.7. The van der Waals surface area contributed by atoms with Gasteiger partial charge in [-0.25, -0.2) is 13.2 Å². The highest BCUT2D eigenvalue weighted by Crippen LogP contribution is 2.24. The first-order valence-corrected chi connectivity index (χ1v) is 7.69.